The molecule has 3 N–H and O–H groups in total. The van der Waals surface area contributed by atoms with Crippen LogP contribution >= 0.6 is 15.9 Å². The Morgan fingerprint density at radius 1 is 1.56 bits per heavy atom. The Hall–Kier alpha value is -1.07. The standard InChI is InChI=1S/C13H17BrN2O2/c1-8-4-5-16-7-12(8)18-11-3-2-9(13(15)17)6-10(11)14/h2-3,6,8,12,16H,4-5,7H2,1H3,(H2,15,17). The molecule has 2 atom stereocenters. The number of hydrogen-bond donors (Lipinski definition) is 2. The van der Waals surface area contributed by atoms with Crippen LogP contribution in [0.15, 0.2) is 22.7 Å². The molecule has 1 aliphatic rings. The number of nitrogens with one attached hydrogen (secondary N) is 1. The highest BCUT2D eigenvalue weighted by molar-refractivity contribution is 9.10. The predicted molar refractivity (Wildman–Crippen MR) is 73.7 cm³/mol. The number of hydrogen-bond acceptors (Lipinski definition) is 3. The summed E-state index contributed by atoms with van der Waals surface area (Å²) in [6.07, 6.45) is 1.27. The molecule has 0 spiro atoms. The zero-order valence-corrected chi connectivity index (χ0v) is 11.9. The van der Waals surface area contributed by atoms with Crippen LogP contribution in [0.4, 0.5) is 0 Å². The molecule has 0 radical (unpaired) electrons. The Morgan fingerprint density at radius 3 is 2.94 bits per heavy atom. The van der Waals surface area contributed by atoms with Gasteiger partial charge in [0.05, 0.1) is 4.47 Å². The molecular weight excluding hydrogens is 296 g/mol. The number of rotatable bonds is 3. The second-order valence-electron chi connectivity index (χ2n) is 4.64. The summed E-state index contributed by atoms with van der Waals surface area (Å²) in [5.41, 5.74) is 5.70. The van der Waals surface area contributed by atoms with E-state index >= 15 is 0 Å². The minimum absolute atomic E-state index is 0.162. The van der Waals surface area contributed by atoms with Crippen LogP contribution in [-0.4, -0.2) is 25.1 Å². The van der Waals surface area contributed by atoms with E-state index in [4.69, 9.17) is 10.5 Å². The van der Waals surface area contributed by atoms with Gasteiger partial charge in [0.25, 0.3) is 0 Å². The lowest BCUT2D eigenvalue weighted by molar-refractivity contribution is 0.0999. The maximum atomic E-state index is 11.1. The monoisotopic (exact) mass is 312 g/mol. The maximum Gasteiger partial charge on any atom is 0.248 e. The van der Waals surface area contributed by atoms with Crippen molar-refractivity contribution in [3.05, 3.63) is 28.2 Å². The summed E-state index contributed by atoms with van der Waals surface area (Å²) in [5, 5.41) is 3.32. The summed E-state index contributed by atoms with van der Waals surface area (Å²) >= 11 is 3.41. The Labute approximate surface area is 115 Å². The highest BCUT2D eigenvalue weighted by Crippen LogP contribution is 2.28. The lowest BCUT2D eigenvalue weighted by atomic mass is 9.97. The van der Waals surface area contributed by atoms with Crippen molar-refractivity contribution in [1.82, 2.24) is 5.32 Å². The maximum absolute atomic E-state index is 11.1. The van der Waals surface area contributed by atoms with E-state index in [0.29, 0.717) is 11.5 Å². The molecule has 98 valence electrons. The molecule has 2 unspecified atom stereocenters. The zero-order chi connectivity index (χ0) is 13.1. The van der Waals surface area contributed by atoms with Crippen molar-refractivity contribution < 1.29 is 9.53 Å². The number of piperidine rings is 1. The van der Waals surface area contributed by atoms with Crippen LogP contribution in [0.2, 0.25) is 0 Å². The molecule has 1 heterocycles. The third kappa shape index (κ3) is 3.03. The SMILES string of the molecule is CC1CCNCC1Oc1ccc(C(N)=O)cc1Br. The number of carbonyl (C=O) groups is 1. The molecule has 18 heavy (non-hydrogen) atoms. The molecule has 0 bridgehead atoms. The molecular formula is C13H17BrN2O2. The van der Waals surface area contributed by atoms with Gasteiger partial charge < -0.3 is 15.8 Å². The summed E-state index contributed by atoms with van der Waals surface area (Å²) in [4.78, 5) is 11.1. The normalized spacial score (nSPS) is 23.7. The van der Waals surface area contributed by atoms with Gasteiger partial charge in [-0.15, -0.1) is 0 Å². The van der Waals surface area contributed by atoms with Crippen LogP contribution in [0.1, 0.15) is 23.7 Å². The van der Waals surface area contributed by atoms with Crippen molar-refractivity contribution >= 4 is 21.8 Å². The van der Waals surface area contributed by atoms with Gasteiger partial charge >= 0.3 is 0 Å². The number of nitrogens with two attached hydrogens (primary N) is 1. The summed E-state index contributed by atoms with van der Waals surface area (Å²) in [6, 6.07) is 5.16. The number of amides is 1. The van der Waals surface area contributed by atoms with E-state index in [1.165, 1.54) is 0 Å². The fourth-order valence-corrected chi connectivity index (χ4v) is 2.50. The van der Waals surface area contributed by atoms with E-state index in [9.17, 15) is 4.79 Å². The topological polar surface area (TPSA) is 64.3 Å². The fraction of sp³-hybridized carbons (Fsp3) is 0.462. The summed E-state index contributed by atoms with van der Waals surface area (Å²) < 4.78 is 6.73. The summed E-state index contributed by atoms with van der Waals surface area (Å²) in [6.45, 7) is 4.09. The highest BCUT2D eigenvalue weighted by Gasteiger charge is 2.23. The van der Waals surface area contributed by atoms with Gasteiger partial charge in [-0.3, -0.25) is 4.79 Å². The Balaban J connectivity index is 2.11. The van der Waals surface area contributed by atoms with Crippen LogP contribution in [-0.2, 0) is 0 Å². The van der Waals surface area contributed by atoms with Gasteiger partial charge in [0.1, 0.15) is 11.9 Å². The number of halogens is 1. The van der Waals surface area contributed by atoms with Gasteiger partial charge in [0.2, 0.25) is 5.91 Å². The minimum atomic E-state index is -0.435. The number of primary amides is 1. The Kier molecular flexibility index (Phi) is 4.24. The first-order valence-electron chi connectivity index (χ1n) is 6.04. The van der Waals surface area contributed by atoms with Crippen molar-refractivity contribution in [1.29, 1.82) is 0 Å². The molecule has 0 aliphatic carbocycles. The molecule has 1 aliphatic heterocycles. The van der Waals surface area contributed by atoms with Crippen LogP contribution < -0.4 is 15.8 Å². The van der Waals surface area contributed by atoms with Crippen molar-refractivity contribution in [3.63, 3.8) is 0 Å². The highest BCUT2D eigenvalue weighted by atomic mass is 79.9. The molecule has 4 nitrogen and oxygen atoms in total. The Morgan fingerprint density at radius 2 is 2.33 bits per heavy atom. The molecule has 1 amide bonds. The third-order valence-corrected chi connectivity index (χ3v) is 3.87. The molecule has 5 heteroatoms. The molecule has 0 saturated carbocycles. The van der Waals surface area contributed by atoms with Gasteiger partial charge in [-0.1, -0.05) is 6.92 Å². The van der Waals surface area contributed by atoms with Gasteiger partial charge in [0, 0.05) is 12.1 Å². The first-order chi connectivity index (χ1) is 8.58. The van der Waals surface area contributed by atoms with E-state index < -0.39 is 5.91 Å². The molecule has 1 fully saturated rings. The van der Waals surface area contributed by atoms with E-state index in [0.717, 1.165) is 29.7 Å². The average molecular weight is 313 g/mol. The largest absolute Gasteiger partial charge is 0.488 e. The molecule has 0 aromatic heterocycles. The fourth-order valence-electron chi connectivity index (χ4n) is 2.03. The predicted octanol–water partition coefficient (Wildman–Crippen LogP) is 1.92. The van der Waals surface area contributed by atoms with Gasteiger partial charge in [-0.05, 0) is 53.0 Å². The molecule has 2 rings (SSSR count). The lowest BCUT2D eigenvalue weighted by Gasteiger charge is -2.30. The van der Waals surface area contributed by atoms with Gasteiger partial charge in [-0.25, -0.2) is 0 Å². The number of benzene rings is 1. The van der Waals surface area contributed by atoms with Crippen LogP contribution in [0.5, 0.6) is 5.75 Å². The second kappa shape index (κ2) is 5.71. The molecule has 1 aromatic rings. The quantitative estimate of drug-likeness (QED) is 0.896. The smallest absolute Gasteiger partial charge is 0.248 e. The first kappa shape index (κ1) is 13.4. The van der Waals surface area contributed by atoms with Gasteiger partial charge in [-0.2, -0.15) is 0 Å². The van der Waals surface area contributed by atoms with Gasteiger partial charge in [0.15, 0.2) is 0 Å². The number of ether oxygens (including phenoxy) is 1. The Bertz CT molecular complexity index is 451. The number of carbonyl (C=O) groups excluding carboxylic acids is 1. The van der Waals surface area contributed by atoms with Crippen molar-refractivity contribution in [2.45, 2.75) is 19.4 Å². The van der Waals surface area contributed by atoms with Crippen molar-refractivity contribution in [3.8, 4) is 5.75 Å². The van der Waals surface area contributed by atoms with Crippen LogP contribution in [0.3, 0.4) is 0 Å². The van der Waals surface area contributed by atoms with E-state index in [2.05, 4.69) is 28.2 Å². The van der Waals surface area contributed by atoms with Crippen LogP contribution in [0.25, 0.3) is 0 Å². The van der Waals surface area contributed by atoms with Crippen molar-refractivity contribution in [2.24, 2.45) is 11.7 Å². The van der Waals surface area contributed by atoms with Crippen molar-refractivity contribution in [2.75, 3.05) is 13.1 Å². The average Bonchev–Trinajstić information content (AvgIpc) is 2.34. The third-order valence-electron chi connectivity index (χ3n) is 3.25. The molecule has 1 saturated heterocycles. The van der Waals surface area contributed by atoms with Crippen LogP contribution in [0, 0.1) is 5.92 Å². The second-order valence-corrected chi connectivity index (χ2v) is 5.49. The summed E-state index contributed by atoms with van der Waals surface area (Å²) in [7, 11) is 0. The van der Waals surface area contributed by atoms with E-state index in [-0.39, 0.29) is 6.10 Å². The minimum Gasteiger partial charge on any atom is -0.488 e. The molecule has 1 aromatic carbocycles. The van der Waals surface area contributed by atoms with E-state index in [1.54, 1.807) is 18.2 Å². The van der Waals surface area contributed by atoms with E-state index in [1.807, 2.05) is 0 Å². The first-order valence-corrected chi connectivity index (χ1v) is 6.84. The lowest BCUT2D eigenvalue weighted by Crippen LogP contribution is -2.42. The zero-order valence-electron chi connectivity index (χ0n) is 10.3. The summed E-state index contributed by atoms with van der Waals surface area (Å²) in [5.74, 6) is 0.837.